The monoisotopic (exact) mass is 365 g/mol. The van der Waals surface area contributed by atoms with Crippen molar-refractivity contribution in [3.8, 4) is 11.5 Å². The van der Waals surface area contributed by atoms with Crippen LogP contribution in [0.3, 0.4) is 0 Å². The summed E-state index contributed by atoms with van der Waals surface area (Å²) in [6.45, 7) is 1.17. The molecule has 0 unspecified atom stereocenters. The van der Waals surface area contributed by atoms with Crippen LogP contribution in [0.2, 0.25) is 0 Å². The Morgan fingerprint density at radius 3 is 2.58 bits per heavy atom. The number of anilines is 1. The van der Waals surface area contributed by atoms with Crippen LogP contribution in [0.5, 0.6) is 11.5 Å². The number of ether oxygens (including phenoxy) is 2. The molecule has 0 saturated carbocycles. The van der Waals surface area contributed by atoms with Gasteiger partial charge in [0.1, 0.15) is 13.2 Å². The van der Waals surface area contributed by atoms with E-state index in [1.165, 1.54) is 4.90 Å². The van der Waals surface area contributed by atoms with E-state index < -0.39 is 6.03 Å². The van der Waals surface area contributed by atoms with Gasteiger partial charge in [-0.25, -0.2) is 4.79 Å². The predicted octanol–water partition coefficient (Wildman–Crippen LogP) is -0.441. The fourth-order valence-corrected chi connectivity index (χ4v) is 3.08. The number of hydrogen-bond donors (Lipinski definition) is 3. The average molecular weight is 365 g/mol. The minimum Gasteiger partial charge on any atom is -0.486 e. The van der Waals surface area contributed by atoms with Gasteiger partial charge in [0.25, 0.3) is 0 Å². The zero-order chi connectivity index (χ0) is 18.5. The minimum atomic E-state index is -0.407. The highest BCUT2D eigenvalue weighted by molar-refractivity contribution is 5.97. The zero-order valence-corrected chi connectivity index (χ0v) is 14.4. The van der Waals surface area contributed by atoms with Gasteiger partial charge in [0.05, 0.1) is 19.3 Å². The summed E-state index contributed by atoms with van der Waals surface area (Å²) >= 11 is 0. The summed E-state index contributed by atoms with van der Waals surface area (Å²) in [5.74, 6) is 1.16. The molecule has 142 valence electrons. The van der Waals surface area contributed by atoms with Crippen LogP contribution in [0.4, 0.5) is 10.5 Å². The van der Waals surface area contributed by atoms with Gasteiger partial charge in [0.2, 0.25) is 5.91 Å². The molecule has 0 bridgehead atoms. The lowest BCUT2D eigenvalue weighted by Gasteiger charge is -2.24. The summed E-state index contributed by atoms with van der Waals surface area (Å²) in [6.07, 6.45) is 0.187. The molecule has 3 N–H and O–H groups in total. The van der Waals surface area contributed by atoms with E-state index in [1.807, 2.05) is 0 Å². The number of nitrogens with one attached hydrogen (secondary N) is 1. The second-order valence-corrected chi connectivity index (χ2v) is 6.12. The van der Waals surface area contributed by atoms with Crippen molar-refractivity contribution < 1.29 is 29.3 Å². The minimum absolute atomic E-state index is 0.0946. The van der Waals surface area contributed by atoms with Gasteiger partial charge in [-0.2, -0.15) is 0 Å². The number of nitrogens with zero attached hydrogens (tertiary/aromatic N) is 2. The first-order chi connectivity index (χ1) is 12.6. The standard InChI is InChI=1S/C17H23N3O6/c21-5-3-19(4-6-22)17(24)18-12-9-16(23)20(11-12)13-1-2-14-15(10-13)26-8-7-25-14/h1-2,10,12,21-22H,3-9,11H2,(H,18,24)/t12-/m1/s1. The average Bonchev–Trinajstić information content (AvgIpc) is 3.01. The summed E-state index contributed by atoms with van der Waals surface area (Å²) < 4.78 is 11.0. The van der Waals surface area contributed by atoms with Gasteiger partial charge in [-0.15, -0.1) is 0 Å². The van der Waals surface area contributed by atoms with E-state index in [-0.39, 0.29) is 44.7 Å². The second-order valence-electron chi connectivity index (χ2n) is 6.12. The molecule has 26 heavy (non-hydrogen) atoms. The smallest absolute Gasteiger partial charge is 0.317 e. The Labute approximate surface area is 151 Å². The summed E-state index contributed by atoms with van der Waals surface area (Å²) in [6, 6.07) is 4.57. The van der Waals surface area contributed by atoms with Crippen LogP contribution in [0.15, 0.2) is 18.2 Å². The number of benzene rings is 1. The van der Waals surface area contributed by atoms with Crippen molar-refractivity contribution >= 4 is 17.6 Å². The summed E-state index contributed by atoms with van der Waals surface area (Å²) in [5, 5.41) is 20.8. The largest absolute Gasteiger partial charge is 0.486 e. The first kappa shape index (κ1) is 18.3. The molecule has 2 aliphatic rings. The van der Waals surface area contributed by atoms with Crippen LogP contribution in [-0.2, 0) is 4.79 Å². The molecule has 9 heteroatoms. The van der Waals surface area contributed by atoms with Gasteiger partial charge in [0.15, 0.2) is 11.5 Å². The third-order valence-electron chi connectivity index (χ3n) is 4.32. The highest BCUT2D eigenvalue weighted by Gasteiger charge is 2.33. The zero-order valence-electron chi connectivity index (χ0n) is 14.4. The topological polar surface area (TPSA) is 112 Å². The van der Waals surface area contributed by atoms with Gasteiger partial charge < -0.3 is 34.8 Å². The Bertz CT molecular complexity index is 662. The molecule has 3 amide bonds. The first-order valence-electron chi connectivity index (χ1n) is 8.59. The van der Waals surface area contributed by atoms with E-state index >= 15 is 0 Å². The quantitative estimate of drug-likeness (QED) is 0.630. The Morgan fingerprint density at radius 2 is 1.88 bits per heavy atom. The molecule has 0 radical (unpaired) electrons. The molecule has 2 heterocycles. The van der Waals surface area contributed by atoms with E-state index in [1.54, 1.807) is 23.1 Å². The molecule has 1 atom stereocenters. The van der Waals surface area contributed by atoms with E-state index in [0.29, 0.717) is 36.9 Å². The molecule has 9 nitrogen and oxygen atoms in total. The van der Waals surface area contributed by atoms with Crippen molar-refractivity contribution in [2.75, 3.05) is 51.0 Å². The fraction of sp³-hybridized carbons (Fsp3) is 0.529. The Morgan fingerprint density at radius 1 is 1.19 bits per heavy atom. The lowest BCUT2D eigenvalue weighted by atomic mass is 10.2. The third-order valence-corrected chi connectivity index (χ3v) is 4.32. The van der Waals surface area contributed by atoms with Crippen molar-refractivity contribution in [1.82, 2.24) is 10.2 Å². The fourth-order valence-electron chi connectivity index (χ4n) is 3.08. The van der Waals surface area contributed by atoms with Crippen molar-refractivity contribution in [2.24, 2.45) is 0 Å². The maximum Gasteiger partial charge on any atom is 0.317 e. The molecule has 1 aromatic carbocycles. The second kappa shape index (κ2) is 8.24. The molecular weight excluding hydrogens is 342 g/mol. The molecular formula is C17H23N3O6. The van der Waals surface area contributed by atoms with E-state index in [9.17, 15) is 9.59 Å². The van der Waals surface area contributed by atoms with Crippen LogP contribution in [0, 0.1) is 0 Å². The molecule has 0 aromatic heterocycles. The number of fused-ring (bicyclic) bond motifs is 1. The summed E-state index contributed by atoms with van der Waals surface area (Å²) in [7, 11) is 0. The molecule has 1 saturated heterocycles. The van der Waals surface area contributed by atoms with E-state index in [2.05, 4.69) is 5.32 Å². The van der Waals surface area contributed by atoms with Gasteiger partial charge in [-0.3, -0.25) is 4.79 Å². The highest BCUT2D eigenvalue weighted by Crippen LogP contribution is 2.35. The maximum absolute atomic E-state index is 12.4. The first-order valence-corrected chi connectivity index (χ1v) is 8.59. The van der Waals surface area contributed by atoms with Gasteiger partial charge in [0, 0.05) is 37.8 Å². The SMILES string of the molecule is O=C(N[C@@H]1CC(=O)N(c2ccc3c(c2)OCCO3)C1)N(CCO)CCO. The molecule has 1 aromatic rings. The molecule has 1 fully saturated rings. The van der Waals surface area contributed by atoms with Crippen LogP contribution in [-0.4, -0.2) is 79.2 Å². The van der Waals surface area contributed by atoms with Crippen molar-refractivity contribution in [3.63, 3.8) is 0 Å². The van der Waals surface area contributed by atoms with Crippen LogP contribution in [0.1, 0.15) is 6.42 Å². The van der Waals surface area contributed by atoms with Crippen LogP contribution >= 0.6 is 0 Å². The Kier molecular flexibility index (Phi) is 5.79. The molecule has 2 aliphatic heterocycles. The van der Waals surface area contributed by atoms with Crippen LogP contribution < -0.4 is 19.7 Å². The number of amides is 3. The van der Waals surface area contributed by atoms with Crippen molar-refractivity contribution in [3.05, 3.63) is 18.2 Å². The normalized spacial score (nSPS) is 18.8. The Hall–Kier alpha value is -2.52. The van der Waals surface area contributed by atoms with E-state index in [0.717, 1.165) is 0 Å². The summed E-state index contributed by atoms with van der Waals surface area (Å²) in [4.78, 5) is 27.5. The number of urea groups is 1. The van der Waals surface area contributed by atoms with Crippen molar-refractivity contribution in [2.45, 2.75) is 12.5 Å². The number of rotatable bonds is 6. The Balaban J connectivity index is 1.64. The molecule has 3 rings (SSSR count). The highest BCUT2D eigenvalue weighted by atomic mass is 16.6. The number of aliphatic hydroxyl groups excluding tert-OH is 2. The van der Waals surface area contributed by atoms with E-state index in [4.69, 9.17) is 19.7 Å². The van der Waals surface area contributed by atoms with Gasteiger partial charge in [-0.05, 0) is 12.1 Å². The maximum atomic E-state index is 12.4. The van der Waals surface area contributed by atoms with Crippen LogP contribution in [0.25, 0.3) is 0 Å². The number of aliphatic hydroxyl groups is 2. The molecule has 0 spiro atoms. The molecule has 0 aliphatic carbocycles. The summed E-state index contributed by atoms with van der Waals surface area (Å²) in [5.41, 5.74) is 0.693. The number of carbonyl (C=O) groups excluding carboxylic acids is 2. The van der Waals surface area contributed by atoms with Crippen molar-refractivity contribution in [1.29, 1.82) is 0 Å². The van der Waals surface area contributed by atoms with Gasteiger partial charge in [-0.1, -0.05) is 0 Å². The predicted molar refractivity (Wildman–Crippen MR) is 92.5 cm³/mol. The third kappa shape index (κ3) is 4.00. The lowest BCUT2D eigenvalue weighted by molar-refractivity contribution is -0.117. The number of carbonyl (C=O) groups is 2. The van der Waals surface area contributed by atoms with Gasteiger partial charge >= 0.3 is 6.03 Å². The lowest BCUT2D eigenvalue weighted by Crippen LogP contribution is -2.47. The number of hydrogen-bond acceptors (Lipinski definition) is 6.